The first-order chi connectivity index (χ1) is 8.31. The van der Waals surface area contributed by atoms with Crippen molar-refractivity contribution in [1.29, 1.82) is 0 Å². The summed E-state index contributed by atoms with van der Waals surface area (Å²) in [5, 5.41) is 0. The van der Waals surface area contributed by atoms with Crippen molar-refractivity contribution >= 4 is 6.29 Å². The highest BCUT2D eigenvalue weighted by atomic mass is 16.5. The van der Waals surface area contributed by atoms with Gasteiger partial charge < -0.3 is 19.9 Å². The van der Waals surface area contributed by atoms with Gasteiger partial charge >= 0.3 is 0 Å². The minimum Gasteiger partial charge on any atom is -0.491 e. The van der Waals surface area contributed by atoms with E-state index in [1.54, 1.807) is 25.3 Å². The molecule has 0 saturated heterocycles. The molecule has 0 aliphatic carbocycles. The normalized spacial score (nSPS) is 10.0. The molecule has 0 atom stereocenters. The molecule has 0 amide bonds. The lowest BCUT2D eigenvalue weighted by molar-refractivity contribution is -0.109. The van der Waals surface area contributed by atoms with Crippen LogP contribution >= 0.6 is 0 Å². The van der Waals surface area contributed by atoms with Crippen molar-refractivity contribution in [2.24, 2.45) is 5.73 Å². The number of nitrogens with two attached hydrogens (primary N) is 1. The third-order valence-electron chi connectivity index (χ3n) is 2.11. The molecule has 5 heteroatoms. The third-order valence-corrected chi connectivity index (χ3v) is 2.11. The van der Waals surface area contributed by atoms with Crippen LogP contribution in [0.3, 0.4) is 0 Å². The molecular formula is C12H17NO4. The summed E-state index contributed by atoms with van der Waals surface area (Å²) in [6, 6.07) is 5.32. The predicted octanol–water partition coefficient (Wildman–Crippen LogP) is 0.748. The number of ether oxygens (including phenoxy) is 3. The predicted molar refractivity (Wildman–Crippen MR) is 63.3 cm³/mol. The molecule has 5 nitrogen and oxygen atoms in total. The maximum absolute atomic E-state index is 10.2. The molecule has 1 rings (SSSR count). The number of hydrogen-bond acceptors (Lipinski definition) is 5. The van der Waals surface area contributed by atoms with Crippen LogP contribution in [-0.4, -0.2) is 33.2 Å². The molecule has 0 aliphatic rings. The number of carbonyl (C=O) groups excluding carboxylic acids is 1. The number of methoxy groups -OCH3 is 1. The highest BCUT2D eigenvalue weighted by molar-refractivity contribution is 5.52. The van der Waals surface area contributed by atoms with Crippen molar-refractivity contribution in [3.63, 3.8) is 0 Å². The molecule has 0 aliphatic heterocycles. The number of benzene rings is 1. The summed E-state index contributed by atoms with van der Waals surface area (Å²) in [5.74, 6) is 1.32. The van der Waals surface area contributed by atoms with Crippen LogP contribution < -0.4 is 15.2 Å². The van der Waals surface area contributed by atoms with Crippen LogP contribution in [-0.2, 0) is 16.1 Å². The molecule has 0 saturated carbocycles. The van der Waals surface area contributed by atoms with Crippen LogP contribution in [0.25, 0.3) is 0 Å². The Balaban J connectivity index is 2.66. The Bertz CT molecular complexity index is 354. The molecule has 0 fully saturated rings. The molecule has 0 radical (unpaired) electrons. The van der Waals surface area contributed by atoms with E-state index >= 15 is 0 Å². The Morgan fingerprint density at radius 3 is 2.76 bits per heavy atom. The summed E-state index contributed by atoms with van der Waals surface area (Å²) >= 11 is 0. The highest BCUT2D eigenvalue weighted by Gasteiger charge is 2.04. The third kappa shape index (κ3) is 4.42. The van der Waals surface area contributed by atoms with Crippen molar-refractivity contribution in [2.45, 2.75) is 6.54 Å². The lowest BCUT2D eigenvalue weighted by Gasteiger charge is -2.11. The van der Waals surface area contributed by atoms with Gasteiger partial charge in [0.1, 0.15) is 24.7 Å². The van der Waals surface area contributed by atoms with Gasteiger partial charge in [-0.1, -0.05) is 0 Å². The van der Waals surface area contributed by atoms with E-state index in [1.165, 1.54) is 0 Å². The molecule has 2 N–H and O–H groups in total. The first kappa shape index (κ1) is 13.5. The zero-order chi connectivity index (χ0) is 12.5. The topological polar surface area (TPSA) is 70.8 Å². The maximum atomic E-state index is 10.2. The van der Waals surface area contributed by atoms with Gasteiger partial charge in [0.05, 0.1) is 6.61 Å². The molecule has 0 heterocycles. The van der Waals surface area contributed by atoms with E-state index in [9.17, 15) is 4.79 Å². The zero-order valence-electron chi connectivity index (χ0n) is 9.85. The maximum Gasteiger partial charge on any atom is 0.157 e. The largest absolute Gasteiger partial charge is 0.491 e. The number of hydrogen-bond donors (Lipinski definition) is 1. The van der Waals surface area contributed by atoms with Crippen molar-refractivity contribution in [3.05, 3.63) is 23.8 Å². The lowest BCUT2D eigenvalue weighted by Crippen LogP contribution is -2.07. The van der Waals surface area contributed by atoms with Crippen LogP contribution in [0.1, 0.15) is 5.56 Å². The van der Waals surface area contributed by atoms with Gasteiger partial charge in [0.2, 0.25) is 0 Å². The van der Waals surface area contributed by atoms with Crippen molar-refractivity contribution in [1.82, 2.24) is 0 Å². The second kappa shape index (κ2) is 7.65. The number of carbonyl (C=O) groups is 1. The number of rotatable bonds is 8. The summed E-state index contributed by atoms with van der Waals surface area (Å²) < 4.78 is 15.6. The molecule has 0 spiro atoms. The molecule has 17 heavy (non-hydrogen) atoms. The van der Waals surface area contributed by atoms with E-state index < -0.39 is 0 Å². The summed E-state index contributed by atoms with van der Waals surface area (Å²) in [6.07, 6.45) is 0.698. The smallest absolute Gasteiger partial charge is 0.157 e. The monoisotopic (exact) mass is 239 g/mol. The molecular weight excluding hydrogens is 222 g/mol. The van der Waals surface area contributed by atoms with E-state index in [0.29, 0.717) is 37.5 Å². The van der Waals surface area contributed by atoms with Crippen molar-refractivity contribution in [3.8, 4) is 11.5 Å². The Kier molecular flexibility index (Phi) is 6.06. The average molecular weight is 239 g/mol. The number of aldehydes is 1. The average Bonchev–Trinajstić information content (AvgIpc) is 2.37. The van der Waals surface area contributed by atoms with Gasteiger partial charge in [0.15, 0.2) is 6.29 Å². The Hall–Kier alpha value is -1.59. The molecule has 94 valence electrons. The summed E-state index contributed by atoms with van der Waals surface area (Å²) in [4.78, 5) is 10.2. The van der Waals surface area contributed by atoms with E-state index in [1.807, 2.05) is 0 Å². The van der Waals surface area contributed by atoms with Gasteiger partial charge in [-0.2, -0.15) is 0 Å². The van der Waals surface area contributed by atoms with Crippen LogP contribution in [0.5, 0.6) is 11.5 Å². The van der Waals surface area contributed by atoms with Crippen LogP contribution in [0, 0.1) is 0 Å². The molecule has 1 aromatic carbocycles. The van der Waals surface area contributed by atoms with Crippen LogP contribution in [0.4, 0.5) is 0 Å². The van der Waals surface area contributed by atoms with Gasteiger partial charge in [0, 0.05) is 19.2 Å². The quantitative estimate of drug-likeness (QED) is 0.535. The summed E-state index contributed by atoms with van der Waals surface area (Å²) in [7, 11) is 1.62. The second-order valence-corrected chi connectivity index (χ2v) is 3.29. The second-order valence-electron chi connectivity index (χ2n) is 3.29. The fourth-order valence-corrected chi connectivity index (χ4v) is 1.31. The van der Waals surface area contributed by atoms with Crippen LogP contribution in [0.15, 0.2) is 18.2 Å². The SMILES string of the molecule is COCCOc1ccc(OCC=O)c(CN)c1. The fraction of sp³-hybridized carbons (Fsp3) is 0.417. The first-order valence-electron chi connectivity index (χ1n) is 5.33. The summed E-state index contributed by atoms with van der Waals surface area (Å²) in [5.41, 5.74) is 6.40. The van der Waals surface area contributed by atoms with Gasteiger partial charge in [-0.3, -0.25) is 4.79 Å². The summed E-state index contributed by atoms with van der Waals surface area (Å²) in [6.45, 7) is 1.36. The van der Waals surface area contributed by atoms with E-state index in [0.717, 1.165) is 5.56 Å². The Labute approximate surface area is 100 Å². The highest BCUT2D eigenvalue weighted by Crippen LogP contribution is 2.23. The van der Waals surface area contributed by atoms with Gasteiger partial charge in [0.25, 0.3) is 0 Å². The fourth-order valence-electron chi connectivity index (χ4n) is 1.31. The van der Waals surface area contributed by atoms with E-state index in [4.69, 9.17) is 19.9 Å². The van der Waals surface area contributed by atoms with Crippen molar-refractivity contribution < 1.29 is 19.0 Å². The van der Waals surface area contributed by atoms with E-state index in [2.05, 4.69) is 0 Å². The molecule has 0 aromatic heterocycles. The van der Waals surface area contributed by atoms with E-state index in [-0.39, 0.29) is 6.61 Å². The minimum absolute atomic E-state index is 0.0247. The van der Waals surface area contributed by atoms with Gasteiger partial charge in [-0.15, -0.1) is 0 Å². The Morgan fingerprint density at radius 1 is 1.29 bits per heavy atom. The lowest BCUT2D eigenvalue weighted by atomic mass is 10.2. The minimum atomic E-state index is 0.0247. The molecule has 1 aromatic rings. The van der Waals surface area contributed by atoms with Gasteiger partial charge in [-0.05, 0) is 18.2 Å². The first-order valence-corrected chi connectivity index (χ1v) is 5.33. The Morgan fingerprint density at radius 2 is 2.12 bits per heavy atom. The molecule has 0 unspecified atom stereocenters. The molecule has 0 bridgehead atoms. The standard InChI is InChI=1S/C12H17NO4/c1-15-6-7-16-11-2-3-12(17-5-4-14)10(8-11)9-13/h2-4,8H,5-7,9,13H2,1H3. The zero-order valence-corrected chi connectivity index (χ0v) is 9.85. The van der Waals surface area contributed by atoms with Crippen molar-refractivity contribution in [2.75, 3.05) is 26.9 Å². The van der Waals surface area contributed by atoms with Crippen LogP contribution in [0.2, 0.25) is 0 Å². The van der Waals surface area contributed by atoms with Gasteiger partial charge in [-0.25, -0.2) is 0 Å².